The first-order chi connectivity index (χ1) is 15.5. The van der Waals surface area contributed by atoms with Gasteiger partial charge in [-0.25, -0.2) is 0 Å². The fourth-order valence-corrected chi connectivity index (χ4v) is 3.87. The zero-order valence-electron chi connectivity index (χ0n) is 16.9. The van der Waals surface area contributed by atoms with Crippen LogP contribution in [0.4, 0.5) is 0 Å². The number of carbonyl (C=O) groups excluding carboxylic acids is 4. The number of carbonyl (C=O) groups is 4. The van der Waals surface area contributed by atoms with Gasteiger partial charge >= 0.3 is 0 Å². The molecule has 0 spiro atoms. The van der Waals surface area contributed by atoms with Gasteiger partial charge in [0.2, 0.25) is 0 Å². The van der Waals surface area contributed by atoms with Crippen molar-refractivity contribution in [3.05, 3.63) is 142 Å². The van der Waals surface area contributed by atoms with Gasteiger partial charge in [-0.2, -0.15) is 0 Å². The number of allylic oxidation sites excluding steroid dienone is 24. The minimum atomic E-state index is -0.269. The highest BCUT2D eigenvalue weighted by Gasteiger charge is 2.24. The van der Waals surface area contributed by atoms with E-state index in [-0.39, 0.29) is 23.1 Å². The smallest absolute Gasteiger partial charge is 0.193 e. The second kappa shape index (κ2) is 7.67. The molecule has 4 heteroatoms. The molecule has 0 radical (unpaired) electrons. The zero-order chi connectivity index (χ0) is 22.2. The van der Waals surface area contributed by atoms with Gasteiger partial charge in [0.15, 0.2) is 23.1 Å². The standard InChI is InChI=1S/C28H16O4/c29-25-17-5-1-6-18(25)14-20-8-3-10-22(27(20)31)16-24-12-4-11-23(28(24)32)15-21-9-2-7-19(13-17)26(21)30/h1-16H. The lowest BCUT2D eigenvalue weighted by Crippen LogP contribution is -2.15. The SMILES string of the molecule is O=C1C2=CC=CC1=CC1=CC=CC(=CC3=CC=CC(=CC4=CC=CC(=C2)C4=O)C3=O)C1=O. The maximum atomic E-state index is 13.0. The summed E-state index contributed by atoms with van der Waals surface area (Å²) in [6, 6.07) is 0. The summed E-state index contributed by atoms with van der Waals surface area (Å²) in [5.41, 5.74) is 2.79. The molecule has 0 aromatic carbocycles. The van der Waals surface area contributed by atoms with Crippen LogP contribution in [0.3, 0.4) is 0 Å². The van der Waals surface area contributed by atoms with Crippen molar-refractivity contribution in [3.63, 3.8) is 0 Å². The Morgan fingerprint density at radius 2 is 0.531 bits per heavy atom. The van der Waals surface area contributed by atoms with E-state index in [4.69, 9.17) is 0 Å². The van der Waals surface area contributed by atoms with Crippen LogP contribution in [-0.2, 0) is 19.2 Å². The molecule has 0 aromatic rings. The van der Waals surface area contributed by atoms with Gasteiger partial charge in [0.25, 0.3) is 0 Å². The first-order valence-electron chi connectivity index (χ1n) is 10.1. The van der Waals surface area contributed by atoms with Crippen LogP contribution >= 0.6 is 0 Å². The molecule has 152 valence electrons. The molecule has 5 aliphatic carbocycles. The van der Waals surface area contributed by atoms with Crippen LogP contribution in [0.25, 0.3) is 0 Å². The summed E-state index contributed by atoms with van der Waals surface area (Å²) in [5.74, 6) is -1.08. The lowest BCUT2D eigenvalue weighted by atomic mass is 9.87. The Morgan fingerprint density at radius 1 is 0.312 bits per heavy atom. The van der Waals surface area contributed by atoms with Crippen LogP contribution in [-0.4, -0.2) is 23.1 Å². The molecule has 0 amide bonds. The largest absolute Gasteiger partial charge is 0.289 e. The third-order valence-electron chi connectivity index (χ3n) is 5.55. The fraction of sp³-hybridized carbons (Fsp3) is 0. The van der Waals surface area contributed by atoms with Crippen molar-refractivity contribution < 1.29 is 19.2 Å². The molecule has 0 aromatic heterocycles. The van der Waals surface area contributed by atoms with E-state index in [0.717, 1.165) is 0 Å². The van der Waals surface area contributed by atoms with Crippen molar-refractivity contribution in [3.8, 4) is 0 Å². The topological polar surface area (TPSA) is 68.3 Å². The molecule has 0 saturated heterocycles. The molecule has 4 nitrogen and oxygen atoms in total. The first-order valence-corrected chi connectivity index (χ1v) is 10.1. The van der Waals surface area contributed by atoms with E-state index in [9.17, 15) is 19.2 Å². The van der Waals surface area contributed by atoms with Crippen LogP contribution in [0.2, 0.25) is 0 Å². The Labute approximate surface area is 184 Å². The third-order valence-corrected chi connectivity index (χ3v) is 5.55. The highest BCUT2D eigenvalue weighted by atomic mass is 16.1. The van der Waals surface area contributed by atoms with Crippen LogP contribution in [0.1, 0.15) is 0 Å². The molecule has 0 saturated carbocycles. The minimum absolute atomic E-state index is 0.269. The van der Waals surface area contributed by atoms with Crippen molar-refractivity contribution in [1.82, 2.24) is 0 Å². The monoisotopic (exact) mass is 416 g/mol. The molecule has 0 fully saturated rings. The van der Waals surface area contributed by atoms with Crippen molar-refractivity contribution in [2.45, 2.75) is 0 Å². The number of rotatable bonds is 0. The molecule has 32 heavy (non-hydrogen) atoms. The van der Waals surface area contributed by atoms with Crippen molar-refractivity contribution in [1.29, 1.82) is 0 Å². The molecule has 0 aliphatic heterocycles. The number of hydrogen-bond acceptors (Lipinski definition) is 4. The Hall–Kier alpha value is -4.44. The predicted molar refractivity (Wildman–Crippen MR) is 121 cm³/mol. The third kappa shape index (κ3) is 3.38. The summed E-state index contributed by atoms with van der Waals surface area (Å²) >= 11 is 0. The number of ketones is 4. The van der Waals surface area contributed by atoms with Crippen LogP contribution in [0.15, 0.2) is 142 Å². The summed E-state index contributed by atoms with van der Waals surface area (Å²) in [4.78, 5) is 52.1. The maximum Gasteiger partial charge on any atom is 0.193 e. The lowest BCUT2D eigenvalue weighted by Gasteiger charge is -2.15. The average Bonchev–Trinajstić information content (AvgIpc) is 2.78. The Bertz CT molecular complexity index is 1180. The first kappa shape index (κ1) is 19.5. The number of hydrogen-bond donors (Lipinski definition) is 0. The van der Waals surface area contributed by atoms with E-state index < -0.39 is 0 Å². The molecule has 0 heterocycles. The summed E-state index contributed by atoms with van der Waals surface area (Å²) in [7, 11) is 0. The second-order valence-electron chi connectivity index (χ2n) is 7.64. The van der Waals surface area contributed by atoms with E-state index >= 15 is 0 Å². The Balaban J connectivity index is 1.71. The van der Waals surface area contributed by atoms with E-state index in [0.29, 0.717) is 44.6 Å². The van der Waals surface area contributed by atoms with E-state index in [1.54, 1.807) is 97.2 Å². The van der Waals surface area contributed by atoms with Gasteiger partial charge in [-0.3, -0.25) is 19.2 Å². The van der Waals surface area contributed by atoms with Gasteiger partial charge < -0.3 is 0 Å². The molecule has 5 rings (SSSR count). The van der Waals surface area contributed by atoms with Gasteiger partial charge in [-0.05, 0) is 24.3 Å². The van der Waals surface area contributed by atoms with Crippen molar-refractivity contribution in [2.24, 2.45) is 0 Å². The van der Waals surface area contributed by atoms with Crippen molar-refractivity contribution in [2.75, 3.05) is 0 Å². The van der Waals surface area contributed by atoms with Gasteiger partial charge in [0, 0.05) is 44.6 Å². The quantitative estimate of drug-likeness (QED) is 0.599. The highest BCUT2D eigenvalue weighted by molar-refractivity contribution is 6.22. The van der Waals surface area contributed by atoms with Crippen molar-refractivity contribution >= 4 is 23.1 Å². The van der Waals surface area contributed by atoms with Gasteiger partial charge in [0.1, 0.15) is 0 Å². The zero-order valence-corrected chi connectivity index (χ0v) is 16.9. The molecule has 0 unspecified atom stereocenters. The number of Topliss-reactive ketones (excluding diaryl/α,β-unsaturated/α-hetero) is 4. The summed E-state index contributed by atoms with van der Waals surface area (Å²) < 4.78 is 0. The average molecular weight is 416 g/mol. The summed E-state index contributed by atoms with van der Waals surface area (Å²) in [5, 5.41) is 0. The molecule has 8 bridgehead atoms. The highest BCUT2D eigenvalue weighted by Crippen LogP contribution is 2.27. The number of fused-ring (bicyclic) bond motifs is 8. The summed E-state index contributed by atoms with van der Waals surface area (Å²) in [6.07, 6.45) is 26.2. The molecule has 5 aliphatic rings. The van der Waals surface area contributed by atoms with Crippen LogP contribution in [0.5, 0.6) is 0 Å². The molecule has 0 N–H and O–H groups in total. The minimum Gasteiger partial charge on any atom is -0.289 e. The van der Waals surface area contributed by atoms with E-state index in [1.165, 1.54) is 0 Å². The molecule has 0 atom stereocenters. The summed E-state index contributed by atoms with van der Waals surface area (Å²) in [6.45, 7) is 0. The maximum absolute atomic E-state index is 13.0. The molecular weight excluding hydrogens is 400 g/mol. The second-order valence-corrected chi connectivity index (χ2v) is 7.64. The van der Waals surface area contributed by atoms with Gasteiger partial charge in [-0.1, -0.05) is 72.9 Å². The van der Waals surface area contributed by atoms with E-state index in [1.807, 2.05) is 0 Å². The Kier molecular flexibility index (Phi) is 4.68. The molecular formula is C28H16O4. The van der Waals surface area contributed by atoms with Gasteiger partial charge in [0.05, 0.1) is 0 Å². The van der Waals surface area contributed by atoms with Crippen LogP contribution < -0.4 is 0 Å². The normalized spacial score (nSPS) is 21.8. The fourth-order valence-electron chi connectivity index (χ4n) is 3.87. The predicted octanol–water partition coefficient (Wildman–Crippen LogP) is 3.97. The van der Waals surface area contributed by atoms with E-state index in [2.05, 4.69) is 0 Å². The van der Waals surface area contributed by atoms with Crippen LogP contribution in [0, 0.1) is 0 Å². The van der Waals surface area contributed by atoms with Gasteiger partial charge in [-0.15, -0.1) is 0 Å². The Morgan fingerprint density at radius 3 is 0.750 bits per heavy atom. The lowest BCUT2D eigenvalue weighted by molar-refractivity contribution is -0.112.